The summed E-state index contributed by atoms with van der Waals surface area (Å²) in [7, 11) is 0. The number of carboxylic acids is 1. The molecule has 3 rings (SSSR count). The van der Waals surface area contributed by atoms with Gasteiger partial charge in [-0.15, -0.1) is 0 Å². The second-order valence-corrected chi connectivity index (χ2v) is 8.22. The molecular weight excluding hydrogens is 358 g/mol. The molecule has 2 aliphatic rings. The molecule has 2 aliphatic heterocycles. The molecule has 1 amide bonds. The summed E-state index contributed by atoms with van der Waals surface area (Å²) in [5.74, 6) is 0.114. The highest BCUT2D eigenvalue weighted by Gasteiger charge is 2.41. The van der Waals surface area contributed by atoms with Gasteiger partial charge in [-0.05, 0) is 55.7 Å². The van der Waals surface area contributed by atoms with Crippen LogP contribution in [0.4, 0.5) is 0 Å². The number of benzene rings is 1. The monoisotopic (exact) mass is 389 g/mol. The fourth-order valence-electron chi connectivity index (χ4n) is 4.25. The number of amides is 1. The Balaban J connectivity index is 1.53. The summed E-state index contributed by atoms with van der Waals surface area (Å²) in [5, 5.41) is 9.36. The number of rotatable bonds is 6. The van der Waals surface area contributed by atoms with E-state index in [0.717, 1.165) is 12.8 Å². The fourth-order valence-corrected chi connectivity index (χ4v) is 4.25. The zero-order chi connectivity index (χ0) is 20.3. The summed E-state index contributed by atoms with van der Waals surface area (Å²) < 4.78 is 11.6. The van der Waals surface area contributed by atoms with E-state index in [-0.39, 0.29) is 17.9 Å². The van der Waals surface area contributed by atoms with Crippen LogP contribution in [0.5, 0.6) is 5.75 Å². The van der Waals surface area contributed by atoms with Gasteiger partial charge in [0.15, 0.2) is 6.10 Å². The molecule has 0 spiro atoms. The van der Waals surface area contributed by atoms with Gasteiger partial charge in [-0.1, -0.05) is 26.0 Å². The summed E-state index contributed by atoms with van der Waals surface area (Å²) in [6, 6.07) is 7.88. The van der Waals surface area contributed by atoms with Crippen LogP contribution < -0.4 is 4.74 Å². The smallest absolute Gasteiger partial charge is 0.309 e. The zero-order valence-corrected chi connectivity index (χ0v) is 17.0. The van der Waals surface area contributed by atoms with Crippen LogP contribution in [0.15, 0.2) is 24.3 Å². The second-order valence-electron chi connectivity index (χ2n) is 8.22. The molecule has 28 heavy (non-hydrogen) atoms. The molecule has 154 valence electrons. The highest BCUT2D eigenvalue weighted by Crippen LogP contribution is 2.33. The van der Waals surface area contributed by atoms with Crippen LogP contribution in [-0.4, -0.2) is 53.8 Å². The Morgan fingerprint density at radius 3 is 2.54 bits per heavy atom. The maximum absolute atomic E-state index is 12.8. The number of carbonyl (C=O) groups is 2. The van der Waals surface area contributed by atoms with Gasteiger partial charge in [-0.2, -0.15) is 0 Å². The summed E-state index contributed by atoms with van der Waals surface area (Å²) in [6.45, 7) is 7.80. The number of hydrogen-bond donors (Lipinski definition) is 1. The lowest BCUT2D eigenvalue weighted by Gasteiger charge is -2.36. The number of aliphatic carboxylic acids is 1. The Labute approximate surface area is 166 Å². The van der Waals surface area contributed by atoms with E-state index in [0.29, 0.717) is 37.8 Å². The average Bonchev–Trinajstić information content (AvgIpc) is 3.18. The normalized spacial score (nSPS) is 24.4. The Kier molecular flexibility index (Phi) is 6.60. The number of carbonyl (C=O) groups excluding carboxylic acids is 1. The van der Waals surface area contributed by atoms with Crippen molar-refractivity contribution in [2.45, 2.75) is 58.2 Å². The number of carboxylic acid groups (broad SMARTS) is 1. The van der Waals surface area contributed by atoms with Gasteiger partial charge in [0.05, 0.1) is 12.0 Å². The number of piperidine rings is 1. The van der Waals surface area contributed by atoms with Crippen LogP contribution in [0.25, 0.3) is 0 Å². The highest BCUT2D eigenvalue weighted by atomic mass is 16.5. The van der Waals surface area contributed by atoms with Crippen molar-refractivity contribution in [2.75, 3.05) is 19.7 Å². The summed E-state index contributed by atoms with van der Waals surface area (Å²) in [5.41, 5.74) is 1.18. The number of ether oxygens (including phenoxy) is 2. The first-order valence-corrected chi connectivity index (χ1v) is 10.3. The van der Waals surface area contributed by atoms with Crippen molar-refractivity contribution >= 4 is 11.9 Å². The fraction of sp³-hybridized carbons (Fsp3) is 0.636. The molecule has 0 aliphatic carbocycles. The first-order chi connectivity index (χ1) is 13.4. The lowest BCUT2D eigenvalue weighted by Crippen LogP contribution is -2.47. The minimum Gasteiger partial charge on any atom is -0.481 e. The molecule has 2 fully saturated rings. The molecule has 0 bridgehead atoms. The third-order valence-electron chi connectivity index (χ3n) is 5.95. The standard InChI is InChI=1S/C22H31NO5/c1-14(2)17-5-4-6-18(13-17)28-15(3)21(24)23-10-7-16(8-11-23)20-19(22(25)26)9-12-27-20/h4-6,13-16,19-20H,7-12H2,1-3H3,(H,25,26)/t15?,19?,20-/m0/s1. The molecule has 2 heterocycles. The van der Waals surface area contributed by atoms with Gasteiger partial charge in [-0.25, -0.2) is 0 Å². The highest BCUT2D eigenvalue weighted by molar-refractivity contribution is 5.81. The Bertz CT molecular complexity index is 696. The minimum atomic E-state index is -0.772. The first kappa shape index (κ1) is 20.6. The van der Waals surface area contributed by atoms with Gasteiger partial charge in [-0.3, -0.25) is 9.59 Å². The van der Waals surface area contributed by atoms with Crippen molar-refractivity contribution in [3.8, 4) is 5.75 Å². The van der Waals surface area contributed by atoms with E-state index in [1.54, 1.807) is 6.92 Å². The molecule has 2 saturated heterocycles. The number of likely N-dealkylation sites (tertiary alicyclic amines) is 1. The largest absolute Gasteiger partial charge is 0.481 e. The molecule has 3 atom stereocenters. The van der Waals surface area contributed by atoms with Gasteiger partial charge in [0.2, 0.25) is 0 Å². The van der Waals surface area contributed by atoms with Gasteiger partial charge in [0.25, 0.3) is 5.91 Å². The maximum atomic E-state index is 12.8. The molecule has 0 aromatic heterocycles. The van der Waals surface area contributed by atoms with Crippen LogP contribution >= 0.6 is 0 Å². The molecule has 1 aromatic rings. The predicted molar refractivity (Wildman–Crippen MR) is 105 cm³/mol. The van der Waals surface area contributed by atoms with Gasteiger partial charge in [0.1, 0.15) is 5.75 Å². The molecule has 0 radical (unpaired) electrons. The van der Waals surface area contributed by atoms with E-state index in [2.05, 4.69) is 19.9 Å². The van der Waals surface area contributed by atoms with Crippen LogP contribution in [0.3, 0.4) is 0 Å². The van der Waals surface area contributed by atoms with E-state index in [9.17, 15) is 14.7 Å². The van der Waals surface area contributed by atoms with Gasteiger partial charge >= 0.3 is 5.97 Å². The Hall–Kier alpha value is -2.08. The lowest BCUT2D eigenvalue weighted by atomic mass is 9.84. The maximum Gasteiger partial charge on any atom is 0.309 e. The summed E-state index contributed by atoms with van der Waals surface area (Å²) in [4.78, 5) is 26.0. The molecule has 6 nitrogen and oxygen atoms in total. The summed E-state index contributed by atoms with van der Waals surface area (Å²) in [6.07, 6.45) is 1.36. The third-order valence-corrected chi connectivity index (χ3v) is 5.95. The van der Waals surface area contributed by atoms with Crippen molar-refractivity contribution in [3.63, 3.8) is 0 Å². The number of hydrogen-bond acceptors (Lipinski definition) is 4. The molecule has 6 heteroatoms. The van der Waals surface area contributed by atoms with Gasteiger partial charge in [0, 0.05) is 19.7 Å². The lowest BCUT2D eigenvalue weighted by molar-refractivity contribution is -0.146. The molecule has 2 unspecified atom stereocenters. The van der Waals surface area contributed by atoms with Crippen LogP contribution in [-0.2, 0) is 14.3 Å². The summed E-state index contributed by atoms with van der Waals surface area (Å²) >= 11 is 0. The van der Waals surface area contributed by atoms with Crippen molar-refractivity contribution in [1.82, 2.24) is 4.90 Å². The molecular formula is C22H31NO5. The quantitative estimate of drug-likeness (QED) is 0.808. The van der Waals surface area contributed by atoms with E-state index in [4.69, 9.17) is 9.47 Å². The first-order valence-electron chi connectivity index (χ1n) is 10.3. The Morgan fingerprint density at radius 2 is 1.89 bits per heavy atom. The zero-order valence-electron chi connectivity index (χ0n) is 17.0. The van der Waals surface area contributed by atoms with Crippen molar-refractivity contribution in [2.24, 2.45) is 11.8 Å². The van der Waals surface area contributed by atoms with E-state index in [1.807, 2.05) is 23.1 Å². The van der Waals surface area contributed by atoms with Crippen LogP contribution in [0, 0.1) is 11.8 Å². The average molecular weight is 389 g/mol. The molecule has 0 saturated carbocycles. The molecule has 1 N–H and O–H groups in total. The third kappa shape index (κ3) is 4.66. The van der Waals surface area contributed by atoms with E-state index < -0.39 is 18.0 Å². The number of nitrogens with zero attached hydrogens (tertiary/aromatic N) is 1. The Morgan fingerprint density at radius 1 is 1.18 bits per heavy atom. The van der Waals surface area contributed by atoms with Crippen molar-refractivity contribution in [1.29, 1.82) is 0 Å². The minimum absolute atomic E-state index is 0.0180. The SMILES string of the molecule is CC(Oc1cccc(C(C)C)c1)C(=O)N1CCC([C@@H]2OCCC2C(=O)O)CC1. The predicted octanol–water partition coefficient (Wildman–Crippen LogP) is 3.31. The topological polar surface area (TPSA) is 76.1 Å². The molecule has 1 aromatic carbocycles. The van der Waals surface area contributed by atoms with Gasteiger partial charge < -0.3 is 19.5 Å². The van der Waals surface area contributed by atoms with Crippen LogP contribution in [0.1, 0.15) is 51.5 Å². The second kappa shape index (κ2) is 8.95. The van der Waals surface area contributed by atoms with E-state index >= 15 is 0 Å². The van der Waals surface area contributed by atoms with Crippen molar-refractivity contribution in [3.05, 3.63) is 29.8 Å². The van der Waals surface area contributed by atoms with Crippen LogP contribution in [0.2, 0.25) is 0 Å². The van der Waals surface area contributed by atoms with Crippen molar-refractivity contribution < 1.29 is 24.2 Å². The van der Waals surface area contributed by atoms with E-state index in [1.165, 1.54) is 5.56 Å².